The van der Waals surface area contributed by atoms with Crippen LogP contribution >= 0.6 is 0 Å². The first kappa shape index (κ1) is 14.1. The van der Waals surface area contributed by atoms with Crippen molar-refractivity contribution in [3.05, 3.63) is 65.9 Å². The lowest BCUT2D eigenvalue weighted by Gasteiger charge is -2.04. The van der Waals surface area contributed by atoms with Gasteiger partial charge in [0, 0.05) is 18.9 Å². The van der Waals surface area contributed by atoms with Crippen LogP contribution in [-0.2, 0) is 6.54 Å². The number of methoxy groups -OCH3 is 1. The summed E-state index contributed by atoms with van der Waals surface area (Å²) < 4.78 is 19.7. The van der Waals surface area contributed by atoms with Gasteiger partial charge in [-0.05, 0) is 29.8 Å². The zero-order chi connectivity index (χ0) is 15.5. The molecule has 0 saturated heterocycles. The number of fused-ring (bicyclic) bond motifs is 1. The highest BCUT2D eigenvalue weighted by atomic mass is 19.1. The zero-order valence-corrected chi connectivity index (χ0v) is 11.9. The number of aromatic nitrogens is 2. The molecule has 0 spiro atoms. The topological polar surface area (TPSA) is 55.6 Å². The lowest BCUT2D eigenvalue weighted by Crippen LogP contribution is -2.23. The Morgan fingerprint density at radius 3 is 2.73 bits per heavy atom. The molecule has 1 aromatic carbocycles. The van der Waals surface area contributed by atoms with Crippen molar-refractivity contribution in [1.29, 1.82) is 0 Å². The van der Waals surface area contributed by atoms with Crippen molar-refractivity contribution in [3.63, 3.8) is 0 Å². The van der Waals surface area contributed by atoms with E-state index in [0.717, 1.165) is 11.3 Å². The van der Waals surface area contributed by atoms with E-state index in [4.69, 9.17) is 4.74 Å². The molecule has 0 radical (unpaired) electrons. The van der Waals surface area contributed by atoms with Crippen LogP contribution in [-0.4, -0.2) is 22.4 Å². The number of halogens is 1. The number of benzene rings is 1. The molecule has 0 atom stereocenters. The predicted molar refractivity (Wildman–Crippen MR) is 79.3 cm³/mol. The third kappa shape index (κ3) is 2.90. The second-order valence-electron chi connectivity index (χ2n) is 4.77. The number of imidazole rings is 1. The largest absolute Gasteiger partial charge is 0.497 e. The second kappa shape index (κ2) is 5.85. The summed E-state index contributed by atoms with van der Waals surface area (Å²) in [4.78, 5) is 16.2. The summed E-state index contributed by atoms with van der Waals surface area (Å²) in [6, 6.07) is 10.2. The van der Waals surface area contributed by atoms with Gasteiger partial charge < -0.3 is 14.5 Å². The van der Waals surface area contributed by atoms with E-state index in [9.17, 15) is 9.18 Å². The molecule has 0 aliphatic heterocycles. The Kier molecular flexibility index (Phi) is 3.74. The fourth-order valence-corrected chi connectivity index (χ4v) is 2.09. The van der Waals surface area contributed by atoms with Gasteiger partial charge in [-0.2, -0.15) is 0 Å². The normalized spacial score (nSPS) is 10.6. The van der Waals surface area contributed by atoms with Crippen molar-refractivity contribution in [2.75, 3.05) is 7.11 Å². The molecule has 0 aliphatic rings. The van der Waals surface area contributed by atoms with Crippen LogP contribution < -0.4 is 10.1 Å². The SMILES string of the molecule is COc1ccc(CNC(=O)c2cn3cc(F)ccc3n2)cc1. The molecule has 6 heteroatoms. The molecule has 0 saturated carbocycles. The van der Waals surface area contributed by atoms with Gasteiger partial charge in [-0.3, -0.25) is 4.79 Å². The molecule has 2 aromatic heterocycles. The minimum atomic E-state index is -0.380. The maximum Gasteiger partial charge on any atom is 0.271 e. The van der Waals surface area contributed by atoms with E-state index in [1.165, 1.54) is 28.9 Å². The molecule has 0 aliphatic carbocycles. The van der Waals surface area contributed by atoms with Crippen LogP contribution in [0.1, 0.15) is 16.1 Å². The third-order valence-electron chi connectivity index (χ3n) is 3.26. The van der Waals surface area contributed by atoms with Crippen LogP contribution in [0.4, 0.5) is 4.39 Å². The Labute approximate surface area is 126 Å². The number of nitrogens with zero attached hydrogens (tertiary/aromatic N) is 2. The van der Waals surface area contributed by atoms with E-state index in [2.05, 4.69) is 10.3 Å². The molecule has 3 rings (SSSR count). The summed E-state index contributed by atoms with van der Waals surface area (Å²) in [5.41, 5.74) is 1.72. The molecule has 112 valence electrons. The number of pyridine rings is 1. The van der Waals surface area contributed by atoms with Crippen LogP contribution in [0.2, 0.25) is 0 Å². The lowest BCUT2D eigenvalue weighted by atomic mass is 10.2. The quantitative estimate of drug-likeness (QED) is 0.805. The fraction of sp³-hybridized carbons (Fsp3) is 0.125. The summed E-state index contributed by atoms with van der Waals surface area (Å²) in [5.74, 6) is 0.0764. The van der Waals surface area contributed by atoms with Gasteiger partial charge >= 0.3 is 0 Å². The lowest BCUT2D eigenvalue weighted by molar-refractivity contribution is 0.0946. The van der Waals surface area contributed by atoms with Gasteiger partial charge in [0.25, 0.3) is 5.91 Å². The zero-order valence-electron chi connectivity index (χ0n) is 11.9. The van der Waals surface area contributed by atoms with Gasteiger partial charge in [-0.25, -0.2) is 9.37 Å². The second-order valence-corrected chi connectivity index (χ2v) is 4.77. The van der Waals surface area contributed by atoms with Crippen LogP contribution in [0.3, 0.4) is 0 Å². The number of hydrogen-bond acceptors (Lipinski definition) is 3. The molecular formula is C16H14FN3O2. The Morgan fingerprint density at radius 2 is 2.00 bits per heavy atom. The smallest absolute Gasteiger partial charge is 0.271 e. The minimum Gasteiger partial charge on any atom is -0.497 e. The Hall–Kier alpha value is -2.89. The first-order valence-corrected chi connectivity index (χ1v) is 6.71. The van der Waals surface area contributed by atoms with Gasteiger partial charge in [0.2, 0.25) is 0 Å². The first-order chi connectivity index (χ1) is 10.7. The van der Waals surface area contributed by atoms with E-state index in [1.54, 1.807) is 7.11 Å². The van der Waals surface area contributed by atoms with E-state index in [-0.39, 0.29) is 17.4 Å². The Bertz CT molecular complexity index is 812. The van der Waals surface area contributed by atoms with Crippen molar-refractivity contribution < 1.29 is 13.9 Å². The van der Waals surface area contributed by atoms with Crippen molar-refractivity contribution in [3.8, 4) is 5.75 Å². The van der Waals surface area contributed by atoms with E-state index < -0.39 is 0 Å². The van der Waals surface area contributed by atoms with Crippen LogP contribution in [0.15, 0.2) is 48.8 Å². The van der Waals surface area contributed by atoms with Crippen LogP contribution in [0.25, 0.3) is 5.65 Å². The number of hydrogen-bond donors (Lipinski definition) is 1. The monoisotopic (exact) mass is 299 g/mol. The molecule has 5 nitrogen and oxygen atoms in total. The van der Waals surface area contributed by atoms with Crippen LogP contribution in [0.5, 0.6) is 5.75 Å². The van der Waals surface area contributed by atoms with Gasteiger partial charge in [0.15, 0.2) is 0 Å². The summed E-state index contributed by atoms with van der Waals surface area (Å²) >= 11 is 0. The highest BCUT2D eigenvalue weighted by molar-refractivity contribution is 5.92. The number of carbonyl (C=O) groups is 1. The van der Waals surface area contributed by atoms with Gasteiger partial charge in [-0.15, -0.1) is 0 Å². The molecule has 22 heavy (non-hydrogen) atoms. The van der Waals surface area contributed by atoms with Gasteiger partial charge in [-0.1, -0.05) is 12.1 Å². The number of amides is 1. The average molecular weight is 299 g/mol. The maximum absolute atomic E-state index is 13.1. The van der Waals surface area contributed by atoms with Gasteiger partial charge in [0.1, 0.15) is 22.9 Å². The maximum atomic E-state index is 13.1. The summed E-state index contributed by atoms with van der Waals surface area (Å²) in [7, 11) is 1.60. The molecule has 0 unspecified atom stereocenters. The van der Waals surface area contributed by atoms with Crippen molar-refractivity contribution in [2.45, 2.75) is 6.54 Å². The summed E-state index contributed by atoms with van der Waals surface area (Å²) in [6.45, 7) is 0.380. The highest BCUT2D eigenvalue weighted by Crippen LogP contribution is 2.11. The van der Waals surface area contributed by atoms with E-state index in [0.29, 0.717) is 12.2 Å². The Morgan fingerprint density at radius 1 is 1.23 bits per heavy atom. The number of nitrogens with one attached hydrogen (secondary N) is 1. The summed E-state index contributed by atoms with van der Waals surface area (Å²) in [5, 5.41) is 2.78. The number of rotatable bonds is 4. The van der Waals surface area contributed by atoms with Crippen LogP contribution in [0, 0.1) is 5.82 Å². The number of ether oxygens (including phenoxy) is 1. The molecule has 1 amide bonds. The van der Waals surface area contributed by atoms with Gasteiger partial charge in [0.05, 0.1) is 7.11 Å². The summed E-state index contributed by atoms with van der Waals surface area (Å²) in [6.07, 6.45) is 2.78. The van der Waals surface area contributed by atoms with Crippen molar-refractivity contribution >= 4 is 11.6 Å². The van der Waals surface area contributed by atoms with Crippen molar-refractivity contribution in [1.82, 2.24) is 14.7 Å². The standard InChI is InChI=1S/C16H14FN3O2/c1-22-13-5-2-11(3-6-13)8-18-16(21)14-10-20-9-12(17)4-7-15(20)19-14/h2-7,9-10H,8H2,1H3,(H,18,21). The molecule has 2 heterocycles. The van der Waals surface area contributed by atoms with Crippen molar-refractivity contribution in [2.24, 2.45) is 0 Å². The molecule has 0 fully saturated rings. The predicted octanol–water partition coefficient (Wildman–Crippen LogP) is 2.41. The third-order valence-corrected chi connectivity index (χ3v) is 3.26. The minimum absolute atomic E-state index is 0.249. The molecule has 0 bridgehead atoms. The first-order valence-electron chi connectivity index (χ1n) is 6.71. The van der Waals surface area contributed by atoms with E-state index in [1.807, 2.05) is 24.3 Å². The Balaban J connectivity index is 1.69. The fourth-order valence-electron chi connectivity index (χ4n) is 2.09. The molecule has 3 aromatic rings. The van der Waals surface area contributed by atoms with E-state index >= 15 is 0 Å². The average Bonchev–Trinajstić information content (AvgIpc) is 2.96. The number of carbonyl (C=O) groups excluding carboxylic acids is 1. The molecule has 1 N–H and O–H groups in total. The highest BCUT2D eigenvalue weighted by Gasteiger charge is 2.10. The molecular weight excluding hydrogens is 285 g/mol.